The van der Waals surface area contributed by atoms with E-state index in [1.807, 2.05) is 6.07 Å². The lowest BCUT2D eigenvalue weighted by atomic mass is 10.2. The fourth-order valence-electron chi connectivity index (χ4n) is 3.14. The summed E-state index contributed by atoms with van der Waals surface area (Å²) >= 11 is 0. The molecule has 0 radical (unpaired) electrons. The van der Waals surface area contributed by atoms with E-state index in [9.17, 15) is 9.59 Å². The van der Waals surface area contributed by atoms with Gasteiger partial charge in [-0.1, -0.05) is 37.5 Å². The topological polar surface area (TPSA) is 61.4 Å². The predicted octanol–water partition coefficient (Wildman–Crippen LogP) is 2.58. The van der Waals surface area contributed by atoms with Gasteiger partial charge in [-0.2, -0.15) is 0 Å². The number of likely N-dealkylation sites (tertiary alicyclic amines) is 1. The zero-order chi connectivity index (χ0) is 17.7. The Labute approximate surface area is 151 Å². The average Bonchev–Trinajstić information content (AvgIpc) is 2.92. The van der Waals surface area contributed by atoms with Gasteiger partial charge in [-0.25, -0.2) is 0 Å². The van der Waals surface area contributed by atoms with E-state index in [1.165, 1.54) is 51.7 Å². The largest absolute Gasteiger partial charge is 0.355 e. The first-order valence-corrected chi connectivity index (χ1v) is 9.58. The van der Waals surface area contributed by atoms with Gasteiger partial charge in [-0.15, -0.1) is 0 Å². The van der Waals surface area contributed by atoms with Crippen molar-refractivity contribution in [3.8, 4) is 0 Å². The molecule has 5 nitrogen and oxygen atoms in total. The van der Waals surface area contributed by atoms with Crippen LogP contribution in [0, 0.1) is 0 Å². The molecule has 0 bridgehead atoms. The maximum absolute atomic E-state index is 11.8. The van der Waals surface area contributed by atoms with E-state index in [1.54, 1.807) is 24.3 Å². The molecule has 1 aliphatic rings. The molecule has 138 valence electrons. The number of carbonyl (C=O) groups excluding carboxylic acids is 2. The molecule has 25 heavy (non-hydrogen) atoms. The van der Waals surface area contributed by atoms with Gasteiger partial charge < -0.3 is 15.5 Å². The highest BCUT2D eigenvalue weighted by atomic mass is 16.2. The van der Waals surface area contributed by atoms with Crippen molar-refractivity contribution in [3.63, 3.8) is 0 Å². The van der Waals surface area contributed by atoms with Crippen LogP contribution in [0.5, 0.6) is 0 Å². The summed E-state index contributed by atoms with van der Waals surface area (Å²) in [6.45, 7) is 4.39. The summed E-state index contributed by atoms with van der Waals surface area (Å²) in [6, 6.07) is 8.94. The second-order valence-corrected chi connectivity index (χ2v) is 6.72. The highest BCUT2D eigenvalue weighted by Crippen LogP contribution is 2.10. The first kappa shape index (κ1) is 19.4. The Kier molecular flexibility index (Phi) is 9.05. The number of carbonyl (C=O) groups is 2. The molecule has 5 heteroatoms. The molecule has 1 fully saturated rings. The van der Waals surface area contributed by atoms with E-state index in [0.29, 0.717) is 12.1 Å². The molecule has 1 aliphatic heterocycles. The van der Waals surface area contributed by atoms with Crippen LogP contribution in [-0.4, -0.2) is 49.4 Å². The van der Waals surface area contributed by atoms with Crippen LogP contribution in [0.1, 0.15) is 55.3 Å². The van der Waals surface area contributed by atoms with Crippen LogP contribution in [-0.2, 0) is 4.79 Å². The van der Waals surface area contributed by atoms with Crippen LogP contribution in [0.4, 0.5) is 0 Å². The lowest BCUT2D eigenvalue weighted by Crippen LogP contribution is -2.37. The lowest BCUT2D eigenvalue weighted by molar-refractivity contribution is -0.120. The molecule has 0 atom stereocenters. The van der Waals surface area contributed by atoms with Gasteiger partial charge in [0.15, 0.2) is 0 Å². The Morgan fingerprint density at radius 2 is 1.60 bits per heavy atom. The SMILES string of the molecule is O=C(CNC(=O)c1ccccc1)NCCCCCN1CCCCCC1. The van der Waals surface area contributed by atoms with E-state index in [2.05, 4.69) is 15.5 Å². The van der Waals surface area contributed by atoms with Crippen LogP contribution in [0.15, 0.2) is 30.3 Å². The Hall–Kier alpha value is -1.88. The quantitative estimate of drug-likeness (QED) is 0.676. The molecule has 1 aromatic carbocycles. The van der Waals surface area contributed by atoms with Crippen molar-refractivity contribution in [2.75, 3.05) is 32.7 Å². The van der Waals surface area contributed by atoms with Crippen molar-refractivity contribution in [1.29, 1.82) is 0 Å². The van der Waals surface area contributed by atoms with Crippen molar-refractivity contribution >= 4 is 11.8 Å². The average molecular weight is 345 g/mol. The minimum Gasteiger partial charge on any atom is -0.355 e. The normalized spacial score (nSPS) is 15.4. The maximum atomic E-state index is 11.8. The third kappa shape index (κ3) is 8.16. The summed E-state index contributed by atoms with van der Waals surface area (Å²) in [6.07, 6.45) is 8.75. The van der Waals surface area contributed by atoms with Crippen LogP contribution in [0.2, 0.25) is 0 Å². The van der Waals surface area contributed by atoms with E-state index < -0.39 is 0 Å². The summed E-state index contributed by atoms with van der Waals surface area (Å²) in [5, 5.41) is 5.51. The van der Waals surface area contributed by atoms with Gasteiger partial charge in [0.1, 0.15) is 0 Å². The maximum Gasteiger partial charge on any atom is 0.251 e. The molecular formula is C20H31N3O2. The number of rotatable bonds is 9. The monoisotopic (exact) mass is 345 g/mol. The summed E-state index contributed by atoms with van der Waals surface area (Å²) in [5.41, 5.74) is 0.573. The second kappa shape index (κ2) is 11.6. The lowest BCUT2D eigenvalue weighted by Gasteiger charge is -2.19. The van der Waals surface area contributed by atoms with Crippen LogP contribution >= 0.6 is 0 Å². The Morgan fingerprint density at radius 1 is 0.880 bits per heavy atom. The van der Waals surface area contributed by atoms with E-state index >= 15 is 0 Å². The minimum atomic E-state index is -0.215. The number of amides is 2. The number of benzene rings is 1. The predicted molar refractivity (Wildman–Crippen MR) is 101 cm³/mol. The molecule has 0 aliphatic carbocycles. The van der Waals surface area contributed by atoms with Gasteiger partial charge in [0.05, 0.1) is 6.54 Å². The minimum absolute atomic E-state index is 0.0293. The van der Waals surface area contributed by atoms with Crippen LogP contribution in [0.3, 0.4) is 0 Å². The third-order valence-electron chi connectivity index (χ3n) is 4.62. The van der Waals surface area contributed by atoms with Gasteiger partial charge in [-0.05, 0) is 57.5 Å². The Bertz CT molecular complexity index is 511. The molecule has 1 aromatic rings. The first-order chi connectivity index (χ1) is 12.3. The molecule has 0 unspecified atom stereocenters. The molecule has 1 heterocycles. The summed E-state index contributed by atoms with van der Waals surface area (Å²) < 4.78 is 0. The Morgan fingerprint density at radius 3 is 2.32 bits per heavy atom. The highest BCUT2D eigenvalue weighted by Gasteiger charge is 2.09. The molecule has 2 amide bonds. The van der Waals surface area contributed by atoms with Crippen molar-refractivity contribution in [2.24, 2.45) is 0 Å². The van der Waals surface area contributed by atoms with Crippen LogP contribution in [0.25, 0.3) is 0 Å². The zero-order valence-electron chi connectivity index (χ0n) is 15.1. The van der Waals surface area contributed by atoms with Gasteiger partial charge >= 0.3 is 0 Å². The van der Waals surface area contributed by atoms with Gasteiger partial charge in [0, 0.05) is 12.1 Å². The number of hydrogen-bond donors (Lipinski definition) is 2. The van der Waals surface area contributed by atoms with Gasteiger partial charge in [0.2, 0.25) is 5.91 Å². The van der Waals surface area contributed by atoms with E-state index in [4.69, 9.17) is 0 Å². The van der Waals surface area contributed by atoms with Crippen molar-refractivity contribution in [3.05, 3.63) is 35.9 Å². The molecule has 2 N–H and O–H groups in total. The Balaban J connectivity index is 1.47. The second-order valence-electron chi connectivity index (χ2n) is 6.72. The van der Waals surface area contributed by atoms with E-state index in [-0.39, 0.29) is 18.4 Å². The third-order valence-corrected chi connectivity index (χ3v) is 4.62. The summed E-state index contributed by atoms with van der Waals surface area (Å²) in [7, 11) is 0. The van der Waals surface area contributed by atoms with Crippen molar-refractivity contribution < 1.29 is 9.59 Å². The molecule has 0 aromatic heterocycles. The number of hydrogen-bond acceptors (Lipinski definition) is 3. The van der Waals surface area contributed by atoms with Gasteiger partial charge in [0.25, 0.3) is 5.91 Å². The zero-order valence-corrected chi connectivity index (χ0v) is 15.1. The summed E-state index contributed by atoms with van der Waals surface area (Å²) in [5.74, 6) is -0.343. The fraction of sp³-hybridized carbons (Fsp3) is 0.600. The number of nitrogens with one attached hydrogen (secondary N) is 2. The molecule has 0 spiro atoms. The molecule has 0 saturated carbocycles. The highest BCUT2D eigenvalue weighted by molar-refractivity contribution is 5.96. The smallest absolute Gasteiger partial charge is 0.251 e. The molecular weight excluding hydrogens is 314 g/mol. The standard InChI is InChI=1S/C20H31N3O2/c24-19(17-22-20(25)18-11-5-3-6-12-18)21-13-7-4-10-16-23-14-8-1-2-9-15-23/h3,5-6,11-12H,1-2,4,7-10,13-17H2,(H,21,24)(H,22,25). The fourth-order valence-corrected chi connectivity index (χ4v) is 3.14. The summed E-state index contributed by atoms with van der Waals surface area (Å²) in [4.78, 5) is 26.2. The van der Waals surface area contributed by atoms with E-state index in [0.717, 1.165) is 12.8 Å². The molecule has 2 rings (SSSR count). The number of nitrogens with zero attached hydrogens (tertiary/aromatic N) is 1. The first-order valence-electron chi connectivity index (χ1n) is 9.58. The molecule has 1 saturated heterocycles. The van der Waals surface area contributed by atoms with Crippen LogP contribution < -0.4 is 10.6 Å². The number of unbranched alkanes of at least 4 members (excludes halogenated alkanes) is 2. The van der Waals surface area contributed by atoms with Crippen molar-refractivity contribution in [1.82, 2.24) is 15.5 Å². The van der Waals surface area contributed by atoms with Crippen molar-refractivity contribution in [2.45, 2.75) is 44.9 Å². The van der Waals surface area contributed by atoms with Gasteiger partial charge in [-0.3, -0.25) is 9.59 Å².